The fourth-order valence-corrected chi connectivity index (χ4v) is 1.97. The normalized spacial score (nSPS) is 11.8. The predicted octanol–water partition coefficient (Wildman–Crippen LogP) is 2.30. The van der Waals surface area contributed by atoms with Crippen LogP contribution in [0.5, 0.6) is 5.75 Å². The van der Waals surface area contributed by atoms with E-state index in [0.29, 0.717) is 11.3 Å². The van der Waals surface area contributed by atoms with E-state index in [-0.39, 0.29) is 12.1 Å². The number of ether oxygens (including phenoxy) is 1. The molecular weight excluding hydrogens is 273 g/mol. The molecular formula is C16H16FNO3. The topological polar surface area (TPSA) is 58.6 Å². The Morgan fingerprint density at radius 2 is 2.05 bits per heavy atom. The number of methoxy groups -OCH3 is 1. The molecule has 5 heteroatoms. The van der Waals surface area contributed by atoms with Crippen LogP contribution in [-0.2, 0) is 0 Å². The summed E-state index contributed by atoms with van der Waals surface area (Å²) in [5, 5.41) is 12.7. The molecule has 2 aromatic rings. The molecule has 4 nitrogen and oxygen atoms in total. The lowest BCUT2D eigenvalue weighted by Crippen LogP contribution is -2.28. The van der Waals surface area contributed by atoms with E-state index in [2.05, 4.69) is 5.32 Å². The Labute approximate surface area is 122 Å². The average Bonchev–Trinajstić information content (AvgIpc) is 2.52. The minimum absolute atomic E-state index is 0.00964. The maximum absolute atomic E-state index is 13.0. The van der Waals surface area contributed by atoms with Crippen molar-refractivity contribution in [2.75, 3.05) is 13.7 Å². The molecule has 0 aliphatic carbocycles. The Hall–Kier alpha value is -2.40. The molecule has 0 aliphatic rings. The fourth-order valence-electron chi connectivity index (χ4n) is 1.97. The number of rotatable bonds is 5. The van der Waals surface area contributed by atoms with Crippen molar-refractivity contribution in [3.8, 4) is 5.75 Å². The lowest BCUT2D eigenvalue weighted by atomic mass is 10.1. The maximum atomic E-state index is 13.0. The summed E-state index contributed by atoms with van der Waals surface area (Å²) in [5.41, 5.74) is 0.793. The van der Waals surface area contributed by atoms with Crippen LogP contribution < -0.4 is 10.1 Å². The molecule has 0 radical (unpaired) electrons. The zero-order chi connectivity index (χ0) is 15.2. The van der Waals surface area contributed by atoms with E-state index in [0.717, 1.165) is 6.07 Å². The van der Waals surface area contributed by atoms with Gasteiger partial charge < -0.3 is 15.2 Å². The van der Waals surface area contributed by atoms with Gasteiger partial charge in [0, 0.05) is 17.7 Å². The third-order valence-electron chi connectivity index (χ3n) is 3.04. The lowest BCUT2D eigenvalue weighted by molar-refractivity contribution is 0.0914. The lowest BCUT2D eigenvalue weighted by Gasteiger charge is -2.15. The second-order valence-corrected chi connectivity index (χ2v) is 4.48. The number of carbonyl (C=O) groups is 1. The highest BCUT2D eigenvalue weighted by atomic mass is 19.1. The van der Waals surface area contributed by atoms with Gasteiger partial charge in [-0.05, 0) is 24.3 Å². The van der Waals surface area contributed by atoms with Crippen molar-refractivity contribution in [3.05, 3.63) is 65.5 Å². The monoisotopic (exact) mass is 289 g/mol. The molecule has 110 valence electrons. The van der Waals surface area contributed by atoms with E-state index in [1.807, 2.05) is 0 Å². The van der Waals surface area contributed by atoms with Gasteiger partial charge in [-0.1, -0.05) is 24.3 Å². The van der Waals surface area contributed by atoms with Gasteiger partial charge in [-0.3, -0.25) is 4.79 Å². The first-order valence-corrected chi connectivity index (χ1v) is 6.46. The summed E-state index contributed by atoms with van der Waals surface area (Å²) in [6.45, 7) is 0.00964. The highest BCUT2D eigenvalue weighted by Gasteiger charge is 2.14. The zero-order valence-electron chi connectivity index (χ0n) is 11.5. The van der Waals surface area contributed by atoms with Gasteiger partial charge in [0.2, 0.25) is 0 Å². The largest absolute Gasteiger partial charge is 0.496 e. The zero-order valence-corrected chi connectivity index (χ0v) is 11.5. The summed E-state index contributed by atoms with van der Waals surface area (Å²) in [5.74, 6) is -0.374. The smallest absolute Gasteiger partial charge is 0.251 e. The summed E-state index contributed by atoms with van der Waals surface area (Å²) in [6.07, 6.45) is -0.904. The van der Waals surface area contributed by atoms with E-state index in [1.165, 1.54) is 25.3 Å². The Kier molecular flexibility index (Phi) is 4.90. The van der Waals surface area contributed by atoms with Crippen LogP contribution in [0.3, 0.4) is 0 Å². The Morgan fingerprint density at radius 1 is 1.29 bits per heavy atom. The highest BCUT2D eigenvalue weighted by molar-refractivity contribution is 5.94. The van der Waals surface area contributed by atoms with Crippen LogP contribution in [0.25, 0.3) is 0 Å². The van der Waals surface area contributed by atoms with Gasteiger partial charge in [0.05, 0.1) is 13.2 Å². The molecule has 0 bridgehead atoms. The highest BCUT2D eigenvalue weighted by Crippen LogP contribution is 2.24. The molecule has 0 unspecified atom stereocenters. The molecule has 0 saturated heterocycles. The van der Waals surface area contributed by atoms with Crippen LogP contribution in [0.15, 0.2) is 48.5 Å². The van der Waals surface area contributed by atoms with E-state index in [1.54, 1.807) is 24.3 Å². The van der Waals surface area contributed by atoms with E-state index in [9.17, 15) is 14.3 Å². The van der Waals surface area contributed by atoms with Crippen LogP contribution in [-0.4, -0.2) is 24.7 Å². The van der Waals surface area contributed by atoms with Crippen LogP contribution in [0.2, 0.25) is 0 Å². The van der Waals surface area contributed by atoms with Crippen LogP contribution >= 0.6 is 0 Å². The molecule has 1 amide bonds. The number of aliphatic hydroxyl groups is 1. The second-order valence-electron chi connectivity index (χ2n) is 4.48. The van der Waals surface area contributed by atoms with E-state index in [4.69, 9.17) is 4.74 Å². The molecule has 2 N–H and O–H groups in total. The summed E-state index contributed by atoms with van der Waals surface area (Å²) >= 11 is 0. The molecule has 0 spiro atoms. The number of aliphatic hydroxyl groups excluding tert-OH is 1. The molecule has 21 heavy (non-hydrogen) atoms. The first-order valence-electron chi connectivity index (χ1n) is 6.46. The molecule has 0 heterocycles. The number of halogens is 1. The first kappa shape index (κ1) is 15.0. The molecule has 0 fully saturated rings. The number of hydrogen-bond donors (Lipinski definition) is 2. The minimum Gasteiger partial charge on any atom is -0.496 e. The number of amides is 1. The summed E-state index contributed by atoms with van der Waals surface area (Å²) < 4.78 is 18.2. The third-order valence-corrected chi connectivity index (χ3v) is 3.04. The van der Waals surface area contributed by atoms with Crippen molar-refractivity contribution in [2.45, 2.75) is 6.10 Å². The van der Waals surface area contributed by atoms with E-state index < -0.39 is 17.8 Å². The van der Waals surface area contributed by atoms with Gasteiger partial charge in [-0.25, -0.2) is 4.39 Å². The summed E-state index contributed by atoms with van der Waals surface area (Å²) in [6, 6.07) is 12.4. The van der Waals surface area contributed by atoms with E-state index >= 15 is 0 Å². The number of para-hydroxylation sites is 1. The summed E-state index contributed by atoms with van der Waals surface area (Å²) in [4.78, 5) is 11.9. The van der Waals surface area contributed by atoms with Gasteiger partial charge in [0.25, 0.3) is 5.91 Å². The van der Waals surface area contributed by atoms with Crippen LogP contribution in [0.4, 0.5) is 4.39 Å². The average molecular weight is 289 g/mol. The van der Waals surface area contributed by atoms with Crippen molar-refractivity contribution in [1.29, 1.82) is 0 Å². The van der Waals surface area contributed by atoms with Gasteiger partial charge in [-0.15, -0.1) is 0 Å². The van der Waals surface area contributed by atoms with Gasteiger partial charge in [0.1, 0.15) is 11.6 Å². The first-order chi connectivity index (χ1) is 10.1. The number of carbonyl (C=O) groups excluding carboxylic acids is 1. The molecule has 0 saturated carbocycles. The van der Waals surface area contributed by atoms with Crippen molar-refractivity contribution < 1.29 is 19.0 Å². The Bertz CT molecular complexity index is 630. The molecule has 0 aromatic heterocycles. The van der Waals surface area contributed by atoms with Crippen molar-refractivity contribution in [1.82, 2.24) is 5.32 Å². The molecule has 1 atom stereocenters. The maximum Gasteiger partial charge on any atom is 0.251 e. The molecule has 0 aliphatic heterocycles. The SMILES string of the molecule is COc1ccccc1[C@@H](O)CNC(=O)c1cccc(F)c1. The minimum atomic E-state index is -0.904. The van der Waals surface area contributed by atoms with Crippen LogP contribution in [0, 0.1) is 5.82 Å². The van der Waals surface area contributed by atoms with Crippen molar-refractivity contribution in [2.24, 2.45) is 0 Å². The Morgan fingerprint density at radius 3 is 2.76 bits per heavy atom. The van der Waals surface area contributed by atoms with Gasteiger partial charge in [-0.2, -0.15) is 0 Å². The van der Waals surface area contributed by atoms with Crippen molar-refractivity contribution >= 4 is 5.91 Å². The molecule has 2 rings (SSSR count). The number of benzene rings is 2. The quantitative estimate of drug-likeness (QED) is 0.888. The third kappa shape index (κ3) is 3.79. The number of hydrogen-bond acceptors (Lipinski definition) is 3. The Balaban J connectivity index is 2.01. The van der Waals surface area contributed by atoms with Gasteiger partial charge >= 0.3 is 0 Å². The van der Waals surface area contributed by atoms with Gasteiger partial charge in [0.15, 0.2) is 0 Å². The van der Waals surface area contributed by atoms with Crippen molar-refractivity contribution in [3.63, 3.8) is 0 Å². The predicted molar refractivity (Wildman–Crippen MR) is 76.7 cm³/mol. The van der Waals surface area contributed by atoms with Crippen LogP contribution in [0.1, 0.15) is 22.0 Å². The standard InChI is InChI=1S/C16H16FNO3/c1-21-15-8-3-2-7-13(15)14(19)10-18-16(20)11-5-4-6-12(17)9-11/h2-9,14,19H,10H2,1H3,(H,18,20)/t14-/m0/s1. The molecule has 2 aromatic carbocycles. The summed E-state index contributed by atoms with van der Waals surface area (Å²) in [7, 11) is 1.51. The second kappa shape index (κ2) is 6.85. The fraction of sp³-hybridized carbons (Fsp3) is 0.188. The number of nitrogens with one attached hydrogen (secondary N) is 1.